The minimum absolute atomic E-state index is 0.821. The molecule has 1 unspecified atom stereocenters. The van der Waals surface area contributed by atoms with Crippen molar-refractivity contribution >= 4 is 11.8 Å². The van der Waals surface area contributed by atoms with E-state index >= 15 is 0 Å². The summed E-state index contributed by atoms with van der Waals surface area (Å²) in [5, 5.41) is 6.97. The maximum absolute atomic E-state index is 3.56. The van der Waals surface area contributed by atoms with Gasteiger partial charge in [-0.15, -0.1) is 11.8 Å². The van der Waals surface area contributed by atoms with Crippen molar-refractivity contribution in [3.05, 3.63) is 0 Å². The summed E-state index contributed by atoms with van der Waals surface area (Å²) in [5.74, 6) is 3.46. The van der Waals surface area contributed by atoms with Crippen LogP contribution < -0.4 is 10.6 Å². The fraction of sp³-hybridized carbons (Fsp3) is 1.00. The number of piperidine rings is 1. The van der Waals surface area contributed by atoms with Crippen molar-refractivity contribution in [2.75, 3.05) is 24.7 Å². The van der Waals surface area contributed by atoms with E-state index in [-0.39, 0.29) is 0 Å². The van der Waals surface area contributed by atoms with E-state index in [1.54, 1.807) is 0 Å². The summed E-state index contributed by atoms with van der Waals surface area (Å²) in [6, 6.07) is 0.821. The Morgan fingerprint density at radius 3 is 2.64 bits per heavy atom. The molecule has 3 heteroatoms. The van der Waals surface area contributed by atoms with E-state index in [1.807, 2.05) is 11.8 Å². The molecule has 2 aliphatic rings. The molecule has 0 saturated carbocycles. The van der Waals surface area contributed by atoms with Gasteiger partial charge in [0.05, 0.1) is 0 Å². The lowest BCUT2D eigenvalue weighted by Crippen LogP contribution is -2.39. The average Bonchev–Trinajstić information content (AvgIpc) is 2.58. The van der Waals surface area contributed by atoms with Gasteiger partial charge in [-0.1, -0.05) is 0 Å². The zero-order chi connectivity index (χ0) is 7.52. The number of thioether (sulfide) groups is 1. The highest BCUT2D eigenvalue weighted by molar-refractivity contribution is 7.99. The molecule has 0 amide bonds. The Kier molecular flexibility index (Phi) is 2.72. The van der Waals surface area contributed by atoms with Crippen LogP contribution in [0.15, 0.2) is 0 Å². The van der Waals surface area contributed by atoms with Crippen molar-refractivity contribution in [3.63, 3.8) is 0 Å². The topological polar surface area (TPSA) is 24.1 Å². The molecule has 2 aliphatic heterocycles. The second-order valence-electron chi connectivity index (χ2n) is 3.41. The molecule has 2 heterocycles. The molecular formula is C8H16N2S. The van der Waals surface area contributed by atoms with Crippen LogP contribution in [0.3, 0.4) is 0 Å². The predicted octanol–water partition coefficient (Wildman–Crippen LogP) is 0.648. The lowest BCUT2D eigenvalue weighted by atomic mass is 9.91. The Bertz CT molecular complexity index is 117. The van der Waals surface area contributed by atoms with E-state index in [4.69, 9.17) is 0 Å². The Labute approximate surface area is 72.5 Å². The molecule has 0 aromatic heterocycles. The Balaban J connectivity index is 1.82. The van der Waals surface area contributed by atoms with E-state index in [9.17, 15) is 0 Å². The normalized spacial score (nSPS) is 34.4. The van der Waals surface area contributed by atoms with Crippen LogP contribution in [0.1, 0.15) is 12.8 Å². The van der Waals surface area contributed by atoms with E-state index < -0.39 is 0 Å². The molecule has 0 aromatic carbocycles. The average molecular weight is 172 g/mol. The summed E-state index contributed by atoms with van der Waals surface area (Å²) < 4.78 is 0. The number of hydrogen-bond donors (Lipinski definition) is 2. The standard InChI is InChI=1S/C8H16N2S/c1-3-9-4-2-7(1)8-5-11-6-10-8/h7-10H,1-6H2. The first kappa shape index (κ1) is 7.90. The van der Waals surface area contributed by atoms with E-state index in [0.29, 0.717) is 0 Å². The third-order valence-electron chi connectivity index (χ3n) is 2.70. The highest BCUT2D eigenvalue weighted by Crippen LogP contribution is 2.23. The zero-order valence-corrected chi connectivity index (χ0v) is 7.62. The van der Waals surface area contributed by atoms with Gasteiger partial charge in [0.25, 0.3) is 0 Å². The van der Waals surface area contributed by atoms with Crippen molar-refractivity contribution < 1.29 is 0 Å². The van der Waals surface area contributed by atoms with Gasteiger partial charge in [0.2, 0.25) is 0 Å². The summed E-state index contributed by atoms with van der Waals surface area (Å²) in [7, 11) is 0. The number of nitrogens with one attached hydrogen (secondary N) is 2. The maximum atomic E-state index is 3.56. The van der Waals surface area contributed by atoms with Gasteiger partial charge in [0, 0.05) is 17.7 Å². The van der Waals surface area contributed by atoms with Crippen LogP contribution in [0.5, 0.6) is 0 Å². The van der Waals surface area contributed by atoms with Crippen molar-refractivity contribution in [2.45, 2.75) is 18.9 Å². The Morgan fingerprint density at radius 2 is 2.00 bits per heavy atom. The van der Waals surface area contributed by atoms with Crippen LogP contribution in [0.25, 0.3) is 0 Å². The third-order valence-corrected chi connectivity index (χ3v) is 3.66. The van der Waals surface area contributed by atoms with Crippen LogP contribution in [-0.2, 0) is 0 Å². The highest BCUT2D eigenvalue weighted by atomic mass is 32.2. The molecule has 0 radical (unpaired) electrons. The molecule has 2 N–H and O–H groups in total. The van der Waals surface area contributed by atoms with Crippen LogP contribution in [0, 0.1) is 5.92 Å². The monoisotopic (exact) mass is 172 g/mol. The molecule has 0 aliphatic carbocycles. The highest BCUT2D eigenvalue weighted by Gasteiger charge is 2.25. The first-order chi connectivity index (χ1) is 5.47. The SMILES string of the molecule is C1CC(C2CSCN2)CCN1. The van der Waals surface area contributed by atoms with Crippen molar-refractivity contribution in [2.24, 2.45) is 5.92 Å². The van der Waals surface area contributed by atoms with Gasteiger partial charge in [-0.05, 0) is 31.8 Å². The first-order valence-electron chi connectivity index (χ1n) is 4.48. The molecule has 0 bridgehead atoms. The summed E-state index contributed by atoms with van der Waals surface area (Å²) in [5.41, 5.74) is 0. The quantitative estimate of drug-likeness (QED) is 0.607. The molecule has 64 valence electrons. The molecule has 0 aromatic rings. The fourth-order valence-corrected chi connectivity index (χ4v) is 3.05. The zero-order valence-electron chi connectivity index (χ0n) is 6.81. The summed E-state index contributed by atoms with van der Waals surface area (Å²) in [6.07, 6.45) is 2.75. The third kappa shape index (κ3) is 1.89. The van der Waals surface area contributed by atoms with Crippen LogP contribution in [-0.4, -0.2) is 30.8 Å². The molecule has 2 nitrogen and oxygen atoms in total. The second kappa shape index (κ2) is 3.78. The lowest BCUT2D eigenvalue weighted by molar-refractivity contribution is 0.311. The van der Waals surface area contributed by atoms with Crippen LogP contribution >= 0.6 is 11.8 Å². The lowest BCUT2D eigenvalue weighted by Gasteiger charge is -2.27. The fourth-order valence-electron chi connectivity index (χ4n) is 1.96. The van der Waals surface area contributed by atoms with Crippen LogP contribution in [0.4, 0.5) is 0 Å². The summed E-state index contributed by atoms with van der Waals surface area (Å²) in [4.78, 5) is 0. The Hall–Kier alpha value is 0.270. The minimum Gasteiger partial charge on any atom is -0.317 e. The molecule has 2 saturated heterocycles. The smallest absolute Gasteiger partial charge is 0.0420 e. The Morgan fingerprint density at radius 1 is 1.18 bits per heavy atom. The van der Waals surface area contributed by atoms with Gasteiger partial charge < -0.3 is 10.6 Å². The summed E-state index contributed by atoms with van der Waals surface area (Å²) in [6.45, 7) is 2.46. The van der Waals surface area contributed by atoms with Gasteiger partial charge >= 0.3 is 0 Å². The number of rotatable bonds is 1. The van der Waals surface area contributed by atoms with Gasteiger partial charge in [0.1, 0.15) is 0 Å². The molecule has 1 atom stereocenters. The molecule has 0 spiro atoms. The van der Waals surface area contributed by atoms with Gasteiger partial charge in [-0.3, -0.25) is 0 Å². The van der Waals surface area contributed by atoms with Crippen LogP contribution in [0.2, 0.25) is 0 Å². The largest absolute Gasteiger partial charge is 0.317 e. The first-order valence-corrected chi connectivity index (χ1v) is 5.64. The summed E-state index contributed by atoms with van der Waals surface area (Å²) >= 11 is 2.04. The van der Waals surface area contributed by atoms with Crippen molar-refractivity contribution in [3.8, 4) is 0 Å². The predicted molar refractivity (Wildman–Crippen MR) is 49.8 cm³/mol. The molecule has 11 heavy (non-hydrogen) atoms. The molecule has 2 fully saturated rings. The van der Waals surface area contributed by atoms with Gasteiger partial charge in [0.15, 0.2) is 0 Å². The van der Waals surface area contributed by atoms with Crippen molar-refractivity contribution in [1.82, 2.24) is 10.6 Å². The second-order valence-corrected chi connectivity index (χ2v) is 4.44. The van der Waals surface area contributed by atoms with E-state index in [1.165, 1.54) is 37.6 Å². The van der Waals surface area contributed by atoms with E-state index in [0.717, 1.165) is 12.0 Å². The van der Waals surface area contributed by atoms with E-state index in [2.05, 4.69) is 10.6 Å². The number of hydrogen-bond acceptors (Lipinski definition) is 3. The van der Waals surface area contributed by atoms with Gasteiger partial charge in [-0.2, -0.15) is 0 Å². The molecular weight excluding hydrogens is 156 g/mol. The molecule has 2 rings (SSSR count). The maximum Gasteiger partial charge on any atom is 0.0420 e. The van der Waals surface area contributed by atoms with Gasteiger partial charge in [-0.25, -0.2) is 0 Å². The van der Waals surface area contributed by atoms with Crippen molar-refractivity contribution in [1.29, 1.82) is 0 Å². The minimum atomic E-state index is 0.821.